The Morgan fingerprint density at radius 2 is 1.77 bits per heavy atom. The summed E-state index contributed by atoms with van der Waals surface area (Å²) in [6.07, 6.45) is 4.73. The number of nitrogens with zero attached hydrogens (tertiary/aromatic N) is 3. The van der Waals surface area contributed by atoms with E-state index in [1.165, 1.54) is 18.4 Å². The Morgan fingerprint density at radius 3 is 2.52 bits per heavy atom. The quantitative estimate of drug-likeness (QED) is 0.491. The van der Waals surface area contributed by atoms with Crippen LogP contribution >= 0.6 is 11.6 Å². The minimum Gasteiger partial charge on any atom is -0.362 e. The first-order valence-electron chi connectivity index (χ1n) is 10.7. The average Bonchev–Trinajstić information content (AvgIpc) is 2.74. The van der Waals surface area contributed by atoms with Gasteiger partial charge in [0.2, 0.25) is 5.95 Å². The molecule has 0 radical (unpaired) electrons. The first-order chi connectivity index (χ1) is 14.6. The number of aromatic nitrogens is 2. The van der Waals surface area contributed by atoms with Crippen molar-refractivity contribution in [3.8, 4) is 0 Å². The van der Waals surface area contributed by atoms with E-state index >= 15 is 0 Å². The number of para-hydroxylation sites is 1. The van der Waals surface area contributed by atoms with Crippen molar-refractivity contribution in [1.82, 2.24) is 15.3 Å². The van der Waals surface area contributed by atoms with Crippen LogP contribution in [0.5, 0.6) is 0 Å². The van der Waals surface area contributed by atoms with E-state index < -0.39 is 0 Å². The molecule has 1 fully saturated rings. The fourth-order valence-electron chi connectivity index (χ4n) is 4.23. The molecular weight excluding hydrogens is 406 g/mol. The van der Waals surface area contributed by atoms with Crippen LogP contribution in [0.2, 0.25) is 5.02 Å². The lowest BCUT2D eigenvalue weighted by Crippen LogP contribution is -2.31. The third kappa shape index (κ3) is 6.08. The van der Waals surface area contributed by atoms with Crippen LogP contribution in [-0.2, 0) is 6.54 Å². The van der Waals surface area contributed by atoms with Gasteiger partial charge in [0.25, 0.3) is 0 Å². The molecule has 1 aromatic heterocycles. The molecule has 0 amide bonds. The summed E-state index contributed by atoms with van der Waals surface area (Å²) in [7, 11) is 4.06. The molecule has 0 bridgehead atoms. The number of nitrogens with one attached hydrogen (secondary N) is 2. The largest absolute Gasteiger partial charge is 0.362 e. The number of rotatable bonds is 7. The van der Waals surface area contributed by atoms with Crippen molar-refractivity contribution in [2.24, 2.45) is 5.92 Å². The van der Waals surface area contributed by atoms with Crippen LogP contribution in [0, 0.1) is 5.92 Å². The fraction of sp³-hybridized carbons (Fsp3) is 0.440. The number of hydrogen-bond acceptors (Lipinski definition) is 5. The van der Waals surface area contributed by atoms with Gasteiger partial charge in [0.1, 0.15) is 5.82 Å². The highest BCUT2D eigenvalue weighted by molar-refractivity contribution is 6.30. The predicted molar refractivity (Wildman–Crippen MR) is 133 cm³/mol. The van der Waals surface area contributed by atoms with E-state index in [0.717, 1.165) is 59.5 Å². The van der Waals surface area contributed by atoms with Gasteiger partial charge in [0, 0.05) is 37.1 Å². The highest BCUT2D eigenvalue weighted by Crippen LogP contribution is 2.28. The molecule has 5 nitrogen and oxygen atoms in total. The Kier molecular flexibility index (Phi) is 8.10. The van der Waals surface area contributed by atoms with Crippen molar-refractivity contribution in [2.45, 2.75) is 45.7 Å². The monoisotopic (exact) mass is 439 g/mol. The molecule has 2 N–H and O–H groups in total. The van der Waals surface area contributed by atoms with E-state index in [0.29, 0.717) is 6.04 Å². The Labute approximate surface area is 191 Å². The molecule has 0 unspecified atom stereocenters. The summed E-state index contributed by atoms with van der Waals surface area (Å²) in [5, 5.41) is 9.07. The third-order valence-corrected chi connectivity index (χ3v) is 6.07. The molecule has 1 aliphatic carbocycles. The summed E-state index contributed by atoms with van der Waals surface area (Å²) in [5.74, 6) is 2.42. The van der Waals surface area contributed by atoms with E-state index in [9.17, 15) is 0 Å². The van der Waals surface area contributed by atoms with Crippen LogP contribution in [0.25, 0.3) is 10.9 Å². The minimum absolute atomic E-state index is 0. The molecule has 6 heteroatoms. The number of anilines is 2. The van der Waals surface area contributed by atoms with Crippen molar-refractivity contribution in [2.75, 3.05) is 30.9 Å². The van der Waals surface area contributed by atoms with Gasteiger partial charge in [-0.05, 0) is 68.0 Å². The zero-order valence-corrected chi connectivity index (χ0v) is 18.5. The molecule has 2 aromatic carbocycles. The third-order valence-electron chi connectivity index (χ3n) is 5.84. The average molecular weight is 440 g/mol. The summed E-state index contributed by atoms with van der Waals surface area (Å²) < 4.78 is 0. The van der Waals surface area contributed by atoms with E-state index in [2.05, 4.69) is 33.7 Å². The van der Waals surface area contributed by atoms with Gasteiger partial charge in [0.15, 0.2) is 0 Å². The lowest BCUT2D eigenvalue weighted by molar-refractivity contribution is 0.324. The van der Waals surface area contributed by atoms with Crippen LogP contribution in [0.1, 0.15) is 38.7 Å². The molecule has 166 valence electrons. The van der Waals surface area contributed by atoms with Crippen molar-refractivity contribution in [3.63, 3.8) is 0 Å². The Hall–Kier alpha value is -2.37. The van der Waals surface area contributed by atoms with Crippen molar-refractivity contribution in [3.05, 3.63) is 59.1 Å². The second kappa shape index (κ2) is 10.8. The summed E-state index contributed by atoms with van der Waals surface area (Å²) in [6.45, 7) is 1.92. The van der Waals surface area contributed by atoms with Crippen molar-refractivity contribution >= 4 is 34.3 Å². The Morgan fingerprint density at radius 1 is 1.00 bits per heavy atom. The smallest absolute Gasteiger partial charge is 0.225 e. The summed E-state index contributed by atoms with van der Waals surface area (Å²) in [4.78, 5) is 11.6. The molecule has 0 spiro atoms. The van der Waals surface area contributed by atoms with Crippen molar-refractivity contribution < 1.29 is 0 Å². The molecular formula is C25H34ClN5. The molecule has 4 rings (SSSR count). The maximum Gasteiger partial charge on any atom is 0.225 e. The summed E-state index contributed by atoms with van der Waals surface area (Å²) in [6, 6.07) is 16.7. The number of hydrogen-bond donors (Lipinski definition) is 2. The number of halogens is 1. The van der Waals surface area contributed by atoms with Gasteiger partial charge < -0.3 is 15.5 Å². The van der Waals surface area contributed by atoms with Gasteiger partial charge in [0.05, 0.1) is 5.52 Å². The maximum atomic E-state index is 6.07. The second-order valence-corrected chi connectivity index (χ2v) is 8.84. The standard InChI is InChI=1S/C24H30ClN5.CH4/c1-30(2)23-21-8-3-4-9-22(21)28-24(29-23)27-20-12-10-17(11-13-20)15-26-16-18-6-5-7-19(25)14-18;/h3-9,14,17,20,26H,10-13,15-16H2,1-2H3,(H,27,28,29);1H4. The predicted octanol–water partition coefficient (Wildman–Crippen LogP) is 5.75. The Bertz CT molecular complexity index is 983. The molecule has 0 atom stereocenters. The van der Waals surface area contributed by atoms with Crippen LogP contribution in [0.3, 0.4) is 0 Å². The molecule has 3 aromatic rings. The lowest BCUT2D eigenvalue weighted by Gasteiger charge is -2.29. The van der Waals surface area contributed by atoms with Gasteiger partial charge in [-0.3, -0.25) is 0 Å². The fourth-order valence-corrected chi connectivity index (χ4v) is 4.44. The normalized spacial score (nSPS) is 18.4. The zero-order chi connectivity index (χ0) is 20.9. The van der Waals surface area contributed by atoms with Gasteiger partial charge in [-0.25, -0.2) is 4.98 Å². The van der Waals surface area contributed by atoms with Crippen LogP contribution in [-0.4, -0.2) is 36.6 Å². The van der Waals surface area contributed by atoms with E-state index in [4.69, 9.17) is 21.6 Å². The minimum atomic E-state index is 0. The van der Waals surface area contributed by atoms with Gasteiger partial charge in [-0.15, -0.1) is 0 Å². The number of fused-ring (bicyclic) bond motifs is 1. The molecule has 0 saturated heterocycles. The van der Waals surface area contributed by atoms with Crippen LogP contribution in [0.15, 0.2) is 48.5 Å². The molecule has 1 aliphatic rings. The van der Waals surface area contributed by atoms with Crippen LogP contribution in [0.4, 0.5) is 11.8 Å². The summed E-state index contributed by atoms with van der Waals surface area (Å²) in [5.41, 5.74) is 2.22. The zero-order valence-electron chi connectivity index (χ0n) is 17.7. The SMILES string of the molecule is C.CN(C)c1nc(NC2CCC(CNCc3cccc(Cl)c3)CC2)nc2ccccc12. The molecule has 1 heterocycles. The maximum absolute atomic E-state index is 6.07. The first kappa shape index (κ1) is 23.3. The second-order valence-electron chi connectivity index (χ2n) is 8.41. The highest BCUT2D eigenvalue weighted by Gasteiger charge is 2.22. The van der Waals surface area contributed by atoms with E-state index in [-0.39, 0.29) is 7.43 Å². The van der Waals surface area contributed by atoms with Gasteiger partial charge >= 0.3 is 0 Å². The van der Waals surface area contributed by atoms with Gasteiger partial charge in [-0.1, -0.05) is 43.3 Å². The van der Waals surface area contributed by atoms with Crippen molar-refractivity contribution in [1.29, 1.82) is 0 Å². The first-order valence-corrected chi connectivity index (χ1v) is 11.1. The number of benzene rings is 2. The topological polar surface area (TPSA) is 53.1 Å². The Balaban J connectivity index is 0.00000272. The molecule has 0 aliphatic heterocycles. The molecule has 31 heavy (non-hydrogen) atoms. The van der Waals surface area contributed by atoms with Gasteiger partial charge in [-0.2, -0.15) is 4.98 Å². The molecule has 1 saturated carbocycles. The van der Waals surface area contributed by atoms with Crippen LogP contribution < -0.4 is 15.5 Å². The summed E-state index contributed by atoms with van der Waals surface area (Å²) >= 11 is 6.07. The highest BCUT2D eigenvalue weighted by atomic mass is 35.5. The van der Waals surface area contributed by atoms with E-state index in [1.54, 1.807) is 0 Å². The lowest BCUT2D eigenvalue weighted by atomic mass is 9.86. The van der Waals surface area contributed by atoms with E-state index in [1.807, 2.05) is 44.4 Å².